The third kappa shape index (κ3) is 2.75. The second-order valence-corrected chi connectivity index (χ2v) is 5.82. The number of rotatable bonds is 4. The summed E-state index contributed by atoms with van der Waals surface area (Å²) in [5.74, 6) is 0. The van der Waals surface area contributed by atoms with Crippen molar-refractivity contribution >= 4 is 17.0 Å². The molecule has 0 aliphatic heterocycles. The van der Waals surface area contributed by atoms with Gasteiger partial charge in [-0.25, -0.2) is 4.98 Å². The fourth-order valence-electron chi connectivity index (χ4n) is 2.12. The molecule has 1 unspecified atom stereocenters. The van der Waals surface area contributed by atoms with Crippen LogP contribution in [-0.2, 0) is 0 Å². The van der Waals surface area contributed by atoms with Crippen molar-refractivity contribution in [3.63, 3.8) is 0 Å². The normalized spacial score (nSPS) is 12.3. The number of aryl methyl sites for hydroxylation is 1. The molecule has 1 aromatic carbocycles. The maximum atomic E-state index is 5.12. The lowest BCUT2D eigenvalue weighted by atomic mass is 10.1. The fourth-order valence-corrected chi connectivity index (χ4v) is 2.74. The van der Waals surface area contributed by atoms with Gasteiger partial charge in [0.05, 0.1) is 29.3 Å². The number of hydrogen-bond acceptors (Lipinski definition) is 4. The van der Waals surface area contributed by atoms with Gasteiger partial charge in [0, 0.05) is 22.2 Å². The summed E-state index contributed by atoms with van der Waals surface area (Å²) in [5.41, 5.74) is 4.40. The highest BCUT2D eigenvalue weighted by molar-refractivity contribution is 7.09. The van der Waals surface area contributed by atoms with Crippen molar-refractivity contribution in [3.8, 4) is 11.3 Å². The Morgan fingerprint density at radius 3 is 2.90 bits per heavy atom. The first-order valence-electron chi connectivity index (χ1n) is 6.53. The van der Waals surface area contributed by atoms with Crippen LogP contribution >= 0.6 is 11.3 Å². The van der Waals surface area contributed by atoms with E-state index in [1.807, 2.05) is 13.0 Å². The topological polar surface area (TPSA) is 38.1 Å². The molecule has 0 aliphatic rings. The van der Waals surface area contributed by atoms with Crippen molar-refractivity contribution in [2.75, 3.05) is 5.32 Å². The summed E-state index contributed by atoms with van der Waals surface area (Å²) in [6, 6.07) is 10.5. The Kier molecular flexibility index (Phi) is 3.56. The Morgan fingerprint density at radius 2 is 2.20 bits per heavy atom. The maximum absolute atomic E-state index is 5.12. The minimum absolute atomic E-state index is 0.209. The Labute approximate surface area is 122 Å². The summed E-state index contributed by atoms with van der Waals surface area (Å²) in [4.78, 5) is 4.53. The molecule has 0 amide bonds. The molecule has 3 aromatic rings. The zero-order valence-electron chi connectivity index (χ0n) is 11.5. The van der Waals surface area contributed by atoms with E-state index in [0.717, 1.165) is 27.5 Å². The molecule has 2 heterocycles. The predicted octanol–water partition coefficient (Wildman–Crippen LogP) is 4.88. The molecule has 0 fully saturated rings. The zero-order chi connectivity index (χ0) is 13.9. The monoisotopic (exact) mass is 284 g/mol. The number of hydrogen-bond donors (Lipinski definition) is 1. The van der Waals surface area contributed by atoms with E-state index in [4.69, 9.17) is 4.42 Å². The molecule has 0 bridgehead atoms. The first-order valence-corrected chi connectivity index (χ1v) is 7.41. The SMILES string of the molecule is Cc1nc(-c2cccc(NC(C)c3ccoc3)c2)cs1. The van der Waals surface area contributed by atoms with Gasteiger partial charge >= 0.3 is 0 Å². The average Bonchev–Trinajstić information content (AvgIpc) is 3.10. The summed E-state index contributed by atoms with van der Waals surface area (Å²) in [6.45, 7) is 4.14. The standard InChI is InChI=1S/C16H16N2OS/c1-11(14-6-7-19-9-14)17-15-5-3-4-13(8-15)16-10-20-12(2)18-16/h3-11,17H,1-2H3. The van der Waals surface area contributed by atoms with Crippen LogP contribution in [0.1, 0.15) is 23.5 Å². The van der Waals surface area contributed by atoms with Crippen molar-refractivity contribution in [1.82, 2.24) is 4.98 Å². The number of furan rings is 1. The van der Waals surface area contributed by atoms with E-state index in [-0.39, 0.29) is 6.04 Å². The molecule has 0 spiro atoms. The van der Waals surface area contributed by atoms with Crippen molar-refractivity contribution in [2.24, 2.45) is 0 Å². The summed E-state index contributed by atoms with van der Waals surface area (Å²) in [5, 5.41) is 6.66. The fraction of sp³-hybridized carbons (Fsp3) is 0.188. The van der Waals surface area contributed by atoms with Crippen LogP contribution in [0.15, 0.2) is 52.7 Å². The second kappa shape index (κ2) is 5.51. The molecule has 0 saturated heterocycles. The number of aromatic nitrogens is 1. The van der Waals surface area contributed by atoms with E-state index in [2.05, 4.69) is 46.9 Å². The van der Waals surface area contributed by atoms with Gasteiger partial charge in [0.2, 0.25) is 0 Å². The predicted molar refractivity (Wildman–Crippen MR) is 83.0 cm³/mol. The number of anilines is 1. The lowest BCUT2D eigenvalue weighted by Crippen LogP contribution is -2.05. The number of thiazole rings is 1. The van der Waals surface area contributed by atoms with Crippen LogP contribution < -0.4 is 5.32 Å². The second-order valence-electron chi connectivity index (χ2n) is 4.76. The summed E-state index contributed by atoms with van der Waals surface area (Å²) in [7, 11) is 0. The van der Waals surface area contributed by atoms with E-state index in [9.17, 15) is 0 Å². The lowest BCUT2D eigenvalue weighted by molar-refractivity contribution is 0.562. The maximum Gasteiger partial charge on any atom is 0.0955 e. The highest BCUT2D eigenvalue weighted by atomic mass is 32.1. The molecule has 1 atom stereocenters. The minimum atomic E-state index is 0.209. The molecule has 0 aliphatic carbocycles. The molecular formula is C16H16N2OS. The molecule has 102 valence electrons. The molecule has 20 heavy (non-hydrogen) atoms. The van der Waals surface area contributed by atoms with Crippen molar-refractivity contribution < 1.29 is 4.42 Å². The van der Waals surface area contributed by atoms with Crippen LogP contribution in [0.25, 0.3) is 11.3 Å². The Bertz CT molecular complexity index is 688. The molecule has 1 N–H and O–H groups in total. The van der Waals surface area contributed by atoms with Crippen LogP contribution in [0.4, 0.5) is 5.69 Å². The van der Waals surface area contributed by atoms with Crippen molar-refractivity contribution in [1.29, 1.82) is 0 Å². The molecule has 0 radical (unpaired) electrons. The van der Waals surface area contributed by atoms with Crippen molar-refractivity contribution in [2.45, 2.75) is 19.9 Å². The van der Waals surface area contributed by atoms with Crippen LogP contribution in [0.5, 0.6) is 0 Å². The highest BCUT2D eigenvalue weighted by Crippen LogP contribution is 2.26. The van der Waals surface area contributed by atoms with Gasteiger partial charge in [-0.1, -0.05) is 12.1 Å². The van der Waals surface area contributed by atoms with Gasteiger partial charge in [-0.3, -0.25) is 0 Å². The molecule has 3 rings (SSSR count). The summed E-state index contributed by atoms with van der Waals surface area (Å²) in [6.07, 6.45) is 3.47. The highest BCUT2D eigenvalue weighted by Gasteiger charge is 2.08. The van der Waals surface area contributed by atoms with Gasteiger partial charge in [-0.05, 0) is 32.0 Å². The van der Waals surface area contributed by atoms with Crippen LogP contribution in [-0.4, -0.2) is 4.98 Å². The third-order valence-corrected chi connectivity index (χ3v) is 3.98. The van der Waals surface area contributed by atoms with Gasteiger partial charge in [0.25, 0.3) is 0 Å². The van der Waals surface area contributed by atoms with E-state index in [0.29, 0.717) is 0 Å². The lowest BCUT2D eigenvalue weighted by Gasteiger charge is -2.14. The molecule has 4 heteroatoms. The van der Waals surface area contributed by atoms with Crippen molar-refractivity contribution in [3.05, 3.63) is 58.8 Å². The Balaban J connectivity index is 1.81. The van der Waals surface area contributed by atoms with E-state index in [1.165, 1.54) is 0 Å². The number of benzene rings is 1. The average molecular weight is 284 g/mol. The number of nitrogens with one attached hydrogen (secondary N) is 1. The molecule has 3 nitrogen and oxygen atoms in total. The van der Waals surface area contributed by atoms with Gasteiger partial charge in [-0.15, -0.1) is 11.3 Å². The molecular weight excluding hydrogens is 268 g/mol. The van der Waals surface area contributed by atoms with Crippen LogP contribution in [0, 0.1) is 6.92 Å². The first kappa shape index (κ1) is 12.9. The summed E-state index contributed by atoms with van der Waals surface area (Å²) < 4.78 is 5.12. The number of nitrogens with zero attached hydrogens (tertiary/aromatic N) is 1. The zero-order valence-corrected chi connectivity index (χ0v) is 12.3. The third-order valence-electron chi connectivity index (χ3n) is 3.20. The molecule has 0 saturated carbocycles. The van der Waals surface area contributed by atoms with Gasteiger partial charge in [-0.2, -0.15) is 0 Å². The van der Waals surface area contributed by atoms with Gasteiger partial charge in [0.1, 0.15) is 0 Å². The minimum Gasteiger partial charge on any atom is -0.472 e. The largest absolute Gasteiger partial charge is 0.472 e. The van der Waals surface area contributed by atoms with Gasteiger partial charge in [0.15, 0.2) is 0 Å². The summed E-state index contributed by atoms with van der Waals surface area (Å²) >= 11 is 1.67. The van der Waals surface area contributed by atoms with Crippen LogP contribution in [0.3, 0.4) is 0 Å². The Hall–Kier alpha value is -2.07. The quantitative estimate of drug-likeness (QED) is 0.741. The molecule has 2 aromatic heterocycles. The van der Waals surface area contributed by atoms with Crippen LogP contribution in [0.2, 0.25) is 0 Å². The first-order chi connectivity index (χ1) is 9.72. The van der Waals surface area contributed by atoms with E-state index in [1.54, 1.807) is 23.9 Å². The van der Waals surface area contributed by atoms with Gasteiger partial charge < -0.3 is 9.73 Å². The van der Waals surface area contributed by atoms with E-state index < -0.39 is 0 Å². The Morgan fingerprint density at radius 1 is 1.30 bits per heavy atom. The smallest absolute Gasteiger partial charge is 0.0955 e. The van der Waals surface area contributed by atoms with E-state index >= 15 is 0 Å².